The highest BCUT2D eigenvalue weighted by molar-refractivity contribution is 7.15. The maximum Gasteiger partial charge on any atom is 0.274 e. The van der Waals surface area contributed by atoms with Crippen molar-refractivity contribution in [2.45, 2.75) is 31.8 Å². The molecule has 9 nitrogen and oxygen atoms in total. The number of likely N-dealkylation sites (N-methyl/N-ethyl adjacent to an activating group) is 1. The fourth-order valence-electron chi connectivity index (χ4n) is 5.05. The van der Waals surface area contributed by atoms with Crippen molar-refractivity contribution in [3.05, 3.63) is 76.2 Å². The maximum atomic E-state index is 13.4. The third-order valence-corrected chi connectivity index (χ3v) is 7.88. The molecule has 4 aromatic rings. The van der Waals surface area contributed by atoms with Gasteiger partial charge in [-0.3, -0.25) is 14.9 Å². The Kier molecular flexibility index (Phi) is 5.69. The van der Waals surface area contributed by atoms with E-state index in [1.165, 1.54) is 4.88 Å². The number of carbonyl (C=O) groups excluding carboxylic acids is 2. The predicted octanol–water partition coefficient (Wildman–Crippen LogP) is 3.59. The minimum absolute atomic E-state index is 0.108. The number of carbonyl (C=O) groups is 2. The third-order valence-electron chi connectivity index (χ3n) is 6.88. The van der Waals surface area contributed by atoms with Crippen LogP contribution in [0.25, 0.3) is 5.65 Å². The number of hydrogen-bond donors (Lipinski definition) is 2. The van der Waals surface area contributed by atoms with Gasteiger partial charge >= 0.3 is 0 Å². The zero-order valence-electron chi connectivity index (χ0n) is 20.0. The Balaban J connectivity index is 1.20. The number of benzene rings is 1. The Morgan fingerprint density at radius 2 is 2.03 bits per heavy atom. The minimum Gasteiger partial charge on any atom is -0.398 e. The smallest absolute Gasteiger partial charge is 0.274 e. The number of aromatic nitrogens is 3. The molecule has 6 rings (SSSR count). The molecule has 1 atom stereocenters. The van der Waals surface area contributed by atoms with Crippen molar-refractivity contribution in [1.29, 1.82) is 0 Å². The molecule has 1 aromatic carbocycles. The molecule has 0 aliphatic carbocycles. The number of hydrogen-bond acceptors (Lipinski definition) is 7. The molecule has 2 aliphatic rings. The first-order valence-corrected chi connectivity index (χ1v) is 12.9. The second-order valence-corrected chi connectivity index (χ2v) is 10.6. The van der Waals surface area contributed by atoms with Gasteiger partial charge in [-0.1, -0.05) is 12.1 Å². The normalized spacial score (nSPS) is 17.9. The van der Waals surface area contributed by atoms with E-state index in [9.17, 15) is 9.59 Å². The number of thiazole rings is 1. The first-order chi connectivity index (χ1) is 17.4. The Labute approximate surface area is 212 Å². The summed E-state index contributed by atoms with van der Waals surface area (Å²) in [7, 11) is 2.09. The van der Waals surface area contributed by atoms with Crippen molar-refractivity contribution in [2.24, 2.45) is 0 Å². The van der Waals surface area contributed by atoms with Gasteiger partial charge in [-0.2, -0.15) is 0 Å². The number of nitrogen functional groups attached to an aromatic ring is 1. The van der Waals surface area contributed by atoms with Gasteiger partial charge < -0.3 is 19.9 Å². The lowest BCUT2D eigenvalue weighted by Crippen LogP contribution is -2.31. The Hall–Kier alpha value is -3.76. The molecule has 2 aliphatic heterocycles. The van der Waals surface area contributed by atoms with Crippen LogP contribution in [0.2, 0.25) is 0 Å². The summed E-state index contributed by atoms with van der Waals surface area (Å²) in [6, 6.07) is 11.0. The number of imidazole rings is 1. The molecule has 3 N–H and O–H groups in total. The van der Waals surface area contributed by atoms with Crippen LogP contribution in [0.3, 0.4) is 0 Å². The molecule has 1 fully saturated rings. The number of anilines is 2. The van der Waals surface area contributed by atoms with Gasteiger partial charge in [-0.25, -0.2) is 9.97 Å². The average Bonchev–Trinajstić information content (AvgIpc) is 3.61. The summed E-state index contributed by atoms with van der Waals surface area (Å²) >= 11 is 1.54. The van der Waals surface area contributed by atoms with Gasteiger partial charge in [0.05, 0.1) is 11.7 Å². The van der Waals surface area contributed by atoms with Crippen molar-refractivity contribution in [1.82, 2.24) is 24.2 Å². The lowest BCUT2D eigenvalue weighted by atomic mass is 10.0. The fourth-order valence-corrected chi connectivity index (χ4v) is 6.13. The van der Waals surface area contributed by atoms with Crippen LogP contribution in [0.1, 0.15) is 55.9 Å². The van der Waals surface area contributed by atoms with E-state index in [2.05, 4.69) is 27.2 Å². The van der Waals surface area contributed by atoms with Gasteiger partial charge in [0.15, 0.2) is 5.13 Å². The summed E-state index contributed by atoms with van der Waals surface area (Å²) in [4.78, 5) is 40.9. The fraction of sp³-hybridized carbons (Fsp3) is 0.308. The number of amides is 2. The van der Waals surface area contributed by atoms with Crippen LogP contribution in [-0.4, -0.2) is 56.1 Å². The lowest BCUT2D eigenvalue weighted by molar-refractivity contribution is 0.0730. The largest absolute Gasteiger partial charge is 0.398 e. The van der Waals surface area contributed by atoms with Gasteiger partial charge in [0.2, 0.25) is 0 Å². The van der Waals surface area contributed by atoms with Crippen LogP contribution in [-0.2, 0) is 13.0 Å². The minimum atomic E-state index is -0.190. The summed E-state index contributed by atoms with van der Waals surface area (Å²) in [6.45, 7) is 2.49. The molecule has 10 heteroatoms. The molecule has 0 spiro atoms. The predicted molar refractivity (Wildman–Crippen MR) is 139 cm³/mol. The van der Waals surface area contributed by atoms with Crippen molar-refractivity contribution in [2.75, 3.05) is 31.2 Å². The molecule has 0 radical (unpaired) electrons. The first-order valence-electron chi connectivity index (χ1n) is 12.1. The Bertz CT molecular complexity index is 1480. The SMILES string of the molecule is CN1CCc2nc(NC(=O)c3cccc([C@H]4CCCN4C(=O)c4cn5cc(N)ccc5n4)c3)sc2C1. The Morgan fingerprint density at radius 3 is 2.92 bits per heavy atom. The second-order valence-electron chi connectivity index (χ2n) is 9.47. The number of likely N-dealkylation sites (tertiary alicyclic amines) is 1. The van der Waals surface area contributed by atoms with E-state index < -0.39 is 0 Å². The number of fused-ring (bicyclic) bond motifs is 2. The van der Waals surface area contributed by atoms with Gasteiger partial charge in [0.1, 0.15) is 11.3 Å². The summed E-state index contributed by atoms with van der Waals surface area (Å²) < 4.78 is 1.77. The summed E-state index contributed by atoms with van der Waals surface area (Å²) in [5.74, 6) is -0.307. The molecular weight excluding hydrogens is 474 g/mol. The zero-order valence-corrected chi connectivity index (χ0v) is 20.8. The molecule has 1 saturated heterocycles. The van der Waals surface area contributed by atoms with Gasteiger partial charge in [-0.15, -0.1) is 11.3 Å². The first kappa shape index (κ1) is 22.7. The van der Waals surface area contributed by atoms with Gasteiger partial charge in [-0.05, 0) is 49.7 Å². The Morgan fingerprint density at radius 1 is 1.14 bits per heavy atom. The molecular formula is C26H27N7O2S. The van der Waals surface area contributed by atoms with Crippen molar-refractivity contribution >= 4 is 39.6 Å². The molecule has 5 heterocycles. The van der Waals surface area contributed by atoms with Crippen LogP contribution in [0.5, 0.6) is 0 Å². The van der Waals surface area contributed by atoms with E-state index in [4.69, 9.17) is 5.73 Å². The quantitative estimate of drug-likeness (QED) is 0.442. The van der Waals surface area contributed by atoms with Gasteiger partial charge in [0, 0.05) is 54.6 Å². The van der Waals surface area contributed by atoms with E-state index in [0.717, 1.165) is 43.6 Å². The van der Waals surface area contributed by atoms with Crippen LogP contribution in [0.15, 0.2) is 48.8 Å². The number of pyridine rings is 1. The standard InChI is InChI=1S/C26H27N7O2S/c1-31-11-9-19-22(15-31)36-26(29-19)30-24(34)17-5-2-4-16(12-17)21-6-3-10-33(21)25(35)20-14-32-13-18(27)7-8-23(32)28-20/h2,4-5,7-8,12-14,21H,3,6,9-11,15,27H2,1H3,(H,29,30,34)/t21-/m1/s1. The van der Waals surface area contributed by atoms with E-state index in [0.29, 0.717) is 34.3 Å². The summed E-state index contributed by atoms with van der Waals surface area (Å²) in [5.41, 5.74) is 10.1. The highest BCUT2D eigenvalue weighted by Gasteiger charge is 2.32. The van der Waals surface area contributed by atoms with Gasteiger partial charge in [0.25, 0.3) is 11.8 Å². The van der Waals surface area contributed by atoms with Crippen molar-refractivity contribution in [3.8, 4) is 0 Å². The number of nitrogens with two attached hydrogens (primary N) is 1. The lowest BCUT2D eigenvalue weighted by Gasteiger charge is -2.24. The van der Waals surface area contributed by atoms with Crippen molar-refractivity contribution < 1.29 is 9.59 Å². The molecule has 0 saturated carbocycles. The van der Waals surface area contributed by atoms with E-state index in [-0.39, 0.29) is 17.9 Å². The molecule has 0 bridgehead atoms. The number of rotatable bonds is 4. The third kappa shape index (κ3) is 4.22. The molecule has 0 unspecified atom stereocenters. The number of nitrogens with zero attached hydrogens (tertiary/aromatic N) is 5. The molecule has 2 amide bonds. The van der Waals surface area contributed by atoms with Crippen LogP contribution >= 0.6 is 11.3 Å². The average molecular weight is 502 g/mol. The molecule has 3 aromatic heterocycles. The highest BCUT2D eigenvalue weighted by Crippen LogP contribution is 2.34. The van der Waals surface area contributed by atoms with Crippen LogP contribution in [0, 0.1) is 0 Å². The highest BCUT2D eigenvalue weighted by atomic mass is 32.1. The molecule has 184 valence electrons. The summed E-state index contributed by atoms with van der Waals surface area (Å²) in [6.07, 6.45) is 6.10. The van der Waals surface area contributed by atoms with Crippen molar-refractivity contribution in [3.63, 3.8) is 0 Å². The second kappa shape index (κ2) is 9.03. The van der Waals surface area contributed by atoms with Crippen LogP contribution in [0.4, 0.5) is 10.8 Å². The number of nitrogens with one attached hydrogen (secondary N) is 1. The van der Waals surface area contributed by atoms with E-state index >= 15 is 0 Å². The maximum absolute atomic E-state index is 13.4. The van der Waals surface area contributed by atoms with Crippen LogP contribution < -0.4 is 11.1 Å². The molecule has 36 heavy (non-hydrogen) atoms. The summed E-state index contributed by atoms with van der Waals surface area (Å²) in [5, 5.41) is 3.61. The van der Waals surface area contributed by atoms with E-state index in [1.807, 2.05) is 23.1 Å². The monoisotopic (exact) mass is 501 g/mol. The zero-order chi connectivity index (χ0) is 24.8. The van der Waals surface area contributed by atoms with E-state index in [1.54, 1.807) is 46.3 Å². The topological polar surface area (TPSA) is 109 Å².